The maximum atomic E-state index is 11.5. The Morgan fingerprint density at radius 2 is 2.24 bits per heavy atom. The molecule has 0 unspecified atom stereocenters. The molecule has 0 bridgehead atoms. The number of amidine groups is 1. The minimum atomic E-state index is -0.944. The lowest BCUT2D eigenvalue weighted by Gasteiger charge is -2.28. The zero-order chi connectivity index (χ0) is 12.6. The third-order valence-corrected chi connectivity index (χ3v) is 4.59. The van der Waals surface area contributed by atoms with Gasteiger partial charge in [0.2, 0.25) is 22.0 Å². The topological polar surface area (TPSA) is 90.9 Å². The van der Waals surface area contributed by atoms with Gasteiger partial charge in [-0.1, -0.05) is 11.8 Å². The van der Waals surface area contributed by atoms with E-state index >= 15 is 0 Å². The van der Waals surface area contributed by atoms with Crippen molar-refractivity contribution in [1.82, 2.24) is 15.6 Å². The Balaban J connectivity index is 2.23. The molecular weight excluding hydrogens is 264 g/mol. The second kappa shape index (κ2) is 4.22. The molecule has 2 aliphatic rings. The highest BCUT2D eigenvalue weighted by molar-refractivity contribution is 8.26. The van der Waals surface area contributed by atoms with Crippen molar-refractivity contribution in [3.05, 3.63) is 0 Å². The van der Waals surface area contributed by atoms with Gasteiger partial charge in [0.15, 0.2) is 5.17 Å². The molecule has 2 rings (SSSR count). The molecule has 0 saturated carbocycles. The molecular formula is C8H10N4O3S2. The number of hydrogen-bond donors (Lipinski definition) is 2. The second-order valence-corrected chi connectivity index (χ2v) is 6.05. The van der Waals surface area contributed by atoms with Crippen LogP contribution in [0.15, 0.2) is 5.10 Å². The molecule has 2 heterocycles. The van der Waals surface area contributed by atoms with E-state index in [9.17, 15) is 14.4 Å². The third kappa shape index (κ3) is 2.25. The molecule has 2 N–H and O–H groups in total. The average Bonchev–Trinajstić information content (AvgIpc) is 2.71. The van der Waals surface area contributed by atoms with Gasteiger partial charge in [-0.15, -0.1) is 5.10 Å². The van der Waals surface area contributed by atoms with E-state index in [0.717, 1.165) is 11.8 Å². The first-order valence-corrected chi connectivity index (χ1v) is 6.54. The molecule has 1 atom stereocenters. The molecule has 2 aliphatic heterocycles. The van der Waals surface area contributed by atoms with Crippen LogP contribution in [0.1, 0.15) is 13.8 Å². The number of rotatable bonds is 0. The molecule has 0 aromatic carbocycles. The summed E-state index contributed by atoms with van der Waals surface area (Å²) in [7, 11) is 0. The minimum Gasteiger partial charge on any atom is -0.313 e. The maximum absolute atomic E-state index is 11.5. The molecule has 0 aliphatic carbocycles. The minimum absolute atomic E-state index is 0.159. The van der Waals surface area contributed by atoms with E-state index in [-0.39, 0.29) is 23.5 Å². The first kappa shape index (κ1) is 12.2. The average molecular weight is 274 g/mol. The Hall–Kier alpha value is -1.22. The molecule has 17 heavy (non-hydrogen) atoms. The number of nitrogens with one attached hydrogen (secondary N) is 2. The lowest BCUT2D eigenvalue weighted by atomic mass is 10.6. The van der Waals surface area contributed by atoms with Crippen LogP contribution in [0.3, 0.4) is 0 Å². The van der Waals surface area contributed by atoms with Gasteiger partial charge < -0.3 is 10.6 Å². The summed E-state index contributed by atoms with van der Waals surface area (Å²) in [5.41, 5.74) is 0. The van der Waals surface area contributed by atoms with Crippen molar-refractivity contribution in [1.29, 1.82) is 0 Å². The van der Waals surface area contributed by atoms with Crippen molar-refractivity contribution < 1.29 is 14.4 Å². The van der Waals surface area contributed by atoms with Gasteiger partial charge in [-0.25, -0.2) is 0 Å². The molecule has 92 valence electrons. The number of nitrogens with zero attached hydrogens (tertiary/aromatic N) is 2. The smallest absolute Gasteiger partial charge is 0.243 e. The molecule has 9 heteroatoms. The summed E-state index contributed by atoms with van der Waals surface area (Å²) in [5.74, 6) is -0.466. The van der Waals surface area contributed by atoms with Gasteiger partial charge in [-0.3, -0.25) is 14.4 Å². The SMILES string of the molecule is CC(=O)NC1=NN(C(C)=O)[C@@]2(NC(=O)CS2)S1. The quantitative estimate of drug-likeness (QED) is 0.619. The van der Waals surface area contributed by atoms with E-state index in [0.29, 0.717) is 5.17 Å². The fourth-order valence-corrected chi connectivity index (χ4v) is 3.94. The first-order chi connectivity index (χ1) is 7.93. The standard InChI is InChI=1S/C8H10N4O3S2/c1-4(13)9-7-11-12(5(2)14)8(17-7)10-6(15)3-16-8/h3H2,1-2H3,(H,10,15)(H,9,11,13)/t8-/m1/s1. The van der Waals surface area contributed by atoms with Gasteiger partial charge >= 0.3 is 0 Å². The molecule has 1 spiro atoms. The van der Waals surface area contributed by atoms with Gasteiger partial charge in [-0.05, 0) is 11.8 Å². The summed E-state index contributed by atoms with van der Waals surface area (Å²) in [5, 5.41) is 10.7. The van der Waals surface area contributed by atoms with E-state index in [1.807, 2.05) is 0 Å². The zero-order valence-electron chi connectivity index (χ0n) is 9.14. The number of thioether (sulfide) groups is 2. The van der Waals surface area contributed by atoms with Crippen LogP contribution in [0.4, 0.5) is 0 Å². The summed E-state index contributed by atoms with van der Waals surface area (Å²) in [6.07, 6.45) is 0. The molecule has 1 saturated heterocycles. The van der Waals surface area contributed by atoms with Crippen LogP contribution in [-0.2, 0) is 14.4 Å². The van der Waals surface area contributed by atoms with Crippen LogP contribution in [0.2, 0.25) is 0 Å². The fraction of sp³-hybridized carbons (Fsp3) is 0.500. The highest BCUT2D eigenvalue weighted by Crippen LogP contribution is 2.46. The van der Waals surface area contributed by atoms with Gasteiger partial charge in [0.1, 0.15) is 0 Å². The number of hydrogen-bond acceptors (Lipinski definition) is 6. The molecule has 7 nitrogen and oxygen atoms in total. The predicted octanol–water partition coefficient (Wildman–Crippen LogP) is -0.537. The predicted molar refractivity (Wildman–Crippen MR) is 64.7 cm³/mol. The first-order valence-electron chi connectivity index (χ1n) is 4.74. The van der Waals surface area contributed by atoms with E-state index in [2.05, 4.69) is 15.7 Å². The van der Waals surface area contributed by atoms with E-state index < -0.39 is 4.33 Å². The Morgan fingerprint density at radius 3 is 2.71 bits per heavy atom. The van der Waals surface area contributed by atoms with Gasteiger partial charge in [0, 0.05) is 13.8 Å². The monoisotopic (exact) mass is 274 g/mol. The Kier molecular flexibility index (Phi) is 3.04. The number of amides is 3. The fourth-order valence-electron chi connectivity index (χ4n) is 1.41. The number of carbonyl (C=O) groups is 3. The highest BCUT2D eigenvalue weighted by Gasteiger charge is 2.52. The number of carbonyl (C=O) groups excluding carboxylic acids is 3. The molecule has 1 fully saturated rings. The van der Waals surface area contributed by atoms with Crippen LogP contribution in [0, 0.1) is 0 Å². The van der Waals surface area contributed by atoms with E-state index in [1.54, 1.807) is 0 Å². The summed E-state index contributed by atoms with van der Waals surface area (Å²) in [4.78, 5) is 33.7. The Morgan fingerprint density at radius 1 is 1.53 bits per heavy atom. The molecule has 3 amide bonds. The van der Waals surface area contributed by atoms with Crippen molar-refractivity contribution in [2.75, 3.05) is 5.75 Å². The van der Waals surface area contributed by atoms with E-state index in [4.69, 9.17) is 0 Å². The maximum Gasteiger partial charge on any atom is 0.243 e. The van der Waals surface area contributed by atoms with Crippen molar-refractivity contribution in [2.45, 2.75) is 18.2 Å². The van der Waals surface area contributed by atoms with Crippen molar-refractivity contribution in [3.8, 4) is 0 Å². The lowest BCUT2D eigenvalue weighted by Crippen LogP contribution is -2.49. The van der Waals surface area contributed by atoms with Gasteiger partial charge in [0.05, 0.1) is 5.75 Å². The van der Waals surface area contributed by atoms with Gasteiger partial charge in [-0.2, -0.15) is 5.01 Å². The number of hydrazone groups is 1. The normalized spacial score (nSPS) is 27.1. The van der Waals surface area contributed by atoms with Crippen LogP contribution in [0.5, 0.6) is 0 Å². The molecule has 0 aromatic heterocycles. The lowest BCUT2D eigenvalue weighted by molar-refractivity contribution is -0.131. The van der Waals surface area contributed by atoms with Crippen LogP contribution in [0.25, 0.3) is 0 Å². The summed E-state index contributed by atoms with van der Waals surface area (Å²) >= 11 is 2.41. The summed E-state index contributed by atoms with van der Waals surface area (Å²) in [6, 6.07) is 0. The molecule has 0 aromatic rings. The van der Waals surface area contributed by atoms with Crippen LogP contribution >= 0.6 is 23.5 Å². The summed E-state index contributed by atoms with van der Waals surface area (Å²) < 4.78 is -0.944. The van der Waals surface area contributed by atoms with Crippen LogP contribution < -0.4 is 10.6 Å². The van der Waals surface area contributed by atoms with Crippen molar-refractivity contribution in [3.63, 3.8) is 0 Å². The Bertz CT molecular complexity index is 438. The zero-order valence-corrected chi connectivity index (χ0v) is 10.8. The second-order valence-electron chi connectivity index (χ2n) is 3.44. The van der Waals surface area contributed by atoms with E-state index in [1.165, 1.54) is 30.6 Å². The highest BCUT2D eigenvalue weighted by atomic mass is 32.2. The third-order valence-electron chi connectivity index (χ3n) is 1.98. The Labute approximate surface area is 106 Å². The van der Waals surface area contributed by atoms with Crippen molar-refractivity contribution >= 4 is 46.4 Å². The van der Waals surface area contributed by atoms with Gasteiger partial charge in [0.25, 0.3) is 0 Å². The largest absolute Gasteiger partial charge is 0.313 e. The van der Waals surface area contributed by atoms with Crippen LogP contribution in [-0.4, -0.2) is 38.0 Å². The summed E-state index contributed by atoms with van der Waals surface area (Å²) in [6.45, 7) is 2.71. The molecule has 0 radical (unpaired) electrons. The van der Waals surface area contributed by atoms with Crippen molar-refractivity contribution in [2.24, 2.45) is 5.10 Å².